The van der Waals surface area contributed by atoms with Crippen LogP contribution in [-0.4, -0.2) is 59.9 Å². The van der Waals surface area contributed by atoms with E-state index < -0.39 is 10.0 Å². The third kappa shape index (κ3) is 4.84. The van der Waals surface area contributed by atoms with Crippen LogP contribution in [0.4, 0.5) is 10.9 Å². The van der Waals surface area contributed by atoms with Gasteiger partial charge in [-0.3, -0.25) is 9.52 Å². The van der Waals surface area contributed by atoms with Gasteiger partial charge in [0.25, 0.3) is 10.0 Å². The molecule has 1 unspecified atom stereocenters. The largest absolute Gasteiger partial charge is 0.353 e. The fraction of sp³-hybridized carbons (Fsp3) is 0.261. The fourth-order valence-electron chi connectivity index (χ4n) is 4.17. The molecule has 1 aliphatic heterocycles. The Hall–Kier alpha value is -3.15. The van der Waals surface area contributed by atoms with E-state index in [2.05, 4.69) is 14.7 Å². The molecule has 3 aromatic heterocycles. The van der Waals surface area contributed by atoms with Gasteiger partial charge in [0.1, 0.15) is 16.8 Å². The quantitative estimate of drug-likeness (QED) is 0.406. The van der Waals surface area contributed by atoms with Gasteiger partial charge in [-0.25, -0.2) is 18.4 Å². The van der Waals surface area contributed by atoms with E-state index in [0.717, 1.165) is 10.9 Å². The van der Waals surface area contributed by atoms with Crippen molar-refractivity contribution in [2.45, 2.75) is 17.9 Å². The van der Waals surface area contributed by atoms with Crippen LogP contribution in [0, 0.1) is 0 Å². The SMILES string of the molecule is CC(C(=O)N1CCN(c2ccc(S(=O)(=O)Nc3nccs3)cn2)CC1)n1ccc2ccc(Cl)cc21. The number of nitrogens with zero attached hydrogens (tertiary/aromatic N) is 5. The standard InChI is InChI=1S/C23H23ClN6O3S2/c1-16(30-8-6-17-2-3-18(24)14-20(17)30)22(31)29-11-9-28(10-12-29)21-5-4-19(15-26-21)35(32,33)27-23-25-7-13-34-23/h2-8,13-16H,9-12H2,1H3,(H,25,27). The molecule has 1 amide bonds. The monoisotopic (exact) mass is 530 g/mol. The van der Waals surface area contributed by atoms with E-state index in [9.17, 15) is 13.2 Å². The molecule has 0 bridgehead atoms. The van der Waals surface area contributed by atoms with Gasteiger partial charge in [0, 0.05) is 55.2 Å². The first-order valence-corrected chi connectivity index (χ1v) is 13.7. The number of sulfonamides is 1. The minimum Gasteiger partial charge on any atom is -0.353 e. The fourth-order valence-corrected chi connectivity index (χ4v) is 6.06. The lowest BCUT2D eigenvalue weighted by molar-refractivity contribution is -0.134. The maximum absolute atomic E-state index is 13.2. The number of carbonyl (C=O) groups excluding carboxylic acids is 1. The maximum Gasteiger partial charge on any atom is 0.265 e. The number of anilines is 2. The molecule has 1 aliphatic rings. The number of amides is 1. The van der Waals surface area contributed by atoms with Crippen molar-refractivity contribution < 1.29 is 13.2 Å². The Balaban J connectivity index is 1.22. The minimum absolute atomic E-state index is 0.0461. The smallest absolute Gasteiger partial charge is 0.265 e. The molecule has 1 fully saturated rings. The van der Waals surface area contributed by atoms with Gasteiger partial charge in [0.15, 0.2) is 5.13 Å². The molecule has 182 valence electrons. The number of fused-ring (bicyclic) bond motifs is 1. The Morgan fingerprint density at radius 1 is 1.11 bits per heavy atom. The summed E-state index contributed by atoms with van der Waals surface area (Å²) in [4.78, 5) is 25.5. The van der Waals surface area contributed by atoms with Gasteiger partial charge in [-0.2, -0.15) is 0 Å². The van der Waals surface area contributed by atoms with Crippen molar-refractivity contribution in [3.05, 3.63) is 65.4 Å². The molecule has 0 saturated carbocycles. The highest BCUT2D eigenvalue weighted by Gasteiger charge is 2.27. The van der Waals surface area contributed by atoms with Crippen molar-refractivity contribution >= 4 is 60.7 Å². The van der Waals surface area contributed by atoms with Crippen molar-refractivity contribution in [3.63, 3.8) is 0 Å². The predicted octanol–water partition coefficient (Wildman–Crippen LogP) is 3.86. The van der Waals surface area contributed by atoms with Crippen molar-refractivity contribution in [2.75, 3.05) is 35.8 Å². The van der Waals surface area contributed by atoms with Crippen LogP contribution in [0.3, 0.4) is 0 Å². The van der Waals surface area contributed by atoms with Crippen LogP contribution in [0.5, 0.6) is 0 Å². The maximum atomic E-state index is 13.2. The summed E-state index contributed by atoms with van der Waals surface area (Å²) in [5.74, 6) is 0.717. The summed E-state index contributed by atoms with van der Waals surface area (Å²) in [6, 6.07) is 10.5. The van der Waals surface area contributed by atoms with E-state index in [1.165, 1.54) is 29.8 Å². The summed E-state index contributed by atoms with van der Waals surface area (Å²) in [5.41, 5.74) is 0.931. The summed E-state index contributed by atoms with van der Waals surface area (Å²) >= 11 is 7.37. The lowest BCUT2D eigenvalue weighted by Crippen LogP contribution is -2.50. The Labute approximate surface area is 212 Å². The van der Waals surface area contributed by atoms with Crippen LogP contribution in [0.25, 0.3) is 10.9 Å². The van der Waals surface area contributed by atoms with Gasteiger partial charge in [-0.15, -0.1) is 11.3 Å². The molecule has 0 aliphatic carbocycles. The highest BCUT2D eigenvalue weighted by atomic mass is 35.5. The molecule has 9 nitrogen and oxygen atoms in total. The minimum atomic E-state index is -3.75. The van der Waals surface area contributed by atoms with E-state index in [4.69, 9.17) is 11.6 Å². The first-order valence-electron chi connectivity index (χ1n) is 11.0. The van der Waals surface area contributed by atoms with E-state index in [1.807, 2.05) is 51.8 Å². The van der Waals surface area contributed by atoms with Gasteiger partial charge in [0.05, 0.1) is 5.52 Å². The number of hydrogen-bond acceptors (Lipinski definition) is 7. The number of piperazine rings is 1. The zero-order chi connectivity index (χ0) is 24.6. The summed E-state index contributed by atoms with van der Waals surface area (Å²) in [6.07, 6.45) is 4.79. The van der Waals surface area contributed by atoms with Gasteiger partial charge in [0.2, 0.25) is 5.91 Å². The second-order valence-electron chi connectivity index (χ2n) is 8.21. The Bertz CT molecular complexity index is 1450. The van der Waals surface area contributed by atoms with Crippen LogP contribution in [0.2, 0.25) is 5.02 Å². The molecule has 0 spiro atoms. The normalized spacial score (nSPS) is 15.4. The van der Waals surface area contributed by atoms with E-state index in [-0.39, 0.29) is 16.8 Å². The molecule has 5 rings (SSSR count). The highest BCUT2D eigenvalue weighted by molar-refractivity contribution is 7.93. The highest BCUT2D eigenvalue weighted by Crippen LogP contribution is 2.25. The van der Waals surface area contributed by atoms with Gasteiger partial charge in [-0.1, -0.05) is 17.7 Å². The third-order valence-corrected chi connectivity index (χ3v) is 8.44. The van der Waals surface area contributed by atoms with Crippen molar-refractivity contribution in [1.29, 1.82) is 0 Å². The molecular weight excluding hydrogens is 508 g/mol. The lowest BCUT2D eigenvalue weighted by atomic mass is 10.2. The second kappa shape index (κ2) is 9.48. The second-order valence-corrected chi connectivity index (χ2v) is 11.2. The van der Waals surface area contributed by atoms with Crippen LogP contribution < -0.4 is 9.62 Å². The molecule has 1 aromatic carbocycles. The number of pyridine rings is 1. The number of rotatable bonds is 6. The summed E-state index contributed by atoms with van der Waals surface area (Å²) in [6.45, 7) is 4.21. The molecule has 1 saturated heterocycles. The molecule has 1 atom stereocenters. The molecule has 4 aromatic rings. The van der Waals surface area contributed by atoms with Crippen LogP contribution in [-0.2, 0) is 14.8 Å². The number of aromatic nitrogens is 3. The molecule has 35 heavy (non-hydrogen) atoms. The number of carbonyl (C=O) groups is 1. The van der Waals surface area contributed by atoms with Crippen LogP contribution in [0.15, 0.2) is 65.3 Å². The van der Waals surface area contributed by atoms with E-state index in [1.54, 1.807) is 11.4 Å². The Morgan fingerprint density at radius 2 is 1.91 bits per heavy atom. The molecule has 1 N–H and O–H groups in total. The topological polar surface area (TPSA) is 100 Å². The zero-order valence-electron chi connectivity index (χ0n) is 18.8. The van der Waals surface area contributed by atoms with Crippen LogP contribution in [0.1, 0.15) is 13.0 Å². The molecule has 0 radical (unpaired) electrons. The number of thiazole rings is 1. The van der Waals surface area contributed by atoms with E-state index >= 15 is 0 Å². The Kier molecular flexibility index (Phi) is 6.39. The first kappa shape index (κ1) is 23.6. The number of benzene rings is 1. The molecular formula is C23H23ClN6O3S2. The first-order chi connectivity index (χ1) is 16.8. The number of halogens is 1. The molecule has 12 heteroatoms. The zero-order valence-corrected chi connectivity index (χ0v) is 21.2. The lowest BCUT2D eigenvalue weighted by Gasteiger charge is -2.36. The molecule has 4 heterocycles. The average molecular weight is 531 g/mol. The van der Waals surface area contributed by atoms with Crippen molar-refractivity contribution in [2.24, 2.45) is 0 Å². The van der Waals surface area contributed by atoms with Crippen molar-refractivity contribution in [1.82, 2.24) is 19.4 Å². The van der Waals surface area contributed by atoms with Crippen LogP contribution >= 0.6 is 22.9 Å². The summed E-state index contributed by atoms with van der Waals surface area (Å²) < 4.78 is 29.4. The summed E-state index contributed by atoms with van der Waals surface area (Å²) in [7, 11) is -3.75. The number of hydrogen-bond donors (Lipinski definition) is 1. The summed E-state index contributed by atoms with van der Waals surface area (Å²) in [5, 5.41) is 3.68. The van der Waals surface area contributed by atoms with E-state index in [0.29, 0.717) is 42.2 Å². The third-order valence-electron chi connectivity index (χ3n) is 6.06. The predicted molar refractivity (Wildman–Crippen MR) is 138 cm³/mol. The van der Waals surface area contributed by atoms with Gasteiger partial charge < -0.3 is 14.4 Å². The average Bonchev–Trinajstić information content (AvgIpc) is 3.52. The number of nitrogens with one attached hydrogen (secondary N) is 1. The van der Waals surface area contributed by atoms with Gasteiger partial charge >= 0.3 is 0 Å². The van der Waals surface area contributed by atoms with Crippen molar-refractivity contribution in [3.8, 4) is 0 Å². The Morgan fingerprint density at radius 3 is 2.60 bits per heavy atom. The van der Waals surface area contributed by atoms with Gasteiger partial charge in [-0.05, 0) is 42.6 Å².